The van der Waals surface area contributed by atoms with Crippen LogP contribution in [-0.4, -0.2) is 15.3 Å². The lowest BCUT2D eigenvalue weighted by Crippen LogP contribution is -2.23. The molecule has 1 aliphatic carbocycles. The van der Waals surface area contributed by atoms with E-state index in [1.807, 2.05) is 72.8 Å². The highest BCUT2D eigenvalue weighted by molar-refractivity contribution is 8.00. The van der Waals surface area contributed by atoms with Crippen molar-refractivity contribution in [3.63, 3.8) is 0 Å². The van der Waals surface area contributed by atoms with Gasteiger partial charge in [0.1, 0.15) is 0 Å². The quantitative estimate of drug-likeness (QED) is 0.0921. The zero-order valence-corrected chi connectivity index (χ0v) is 30.4. The first-order valence-corrected chi connectivity index (χ1v) is 19.3. The molecule has 0 spiro atoms. The van der Waals surface area contributed by atoms with Gasteiger partial charge in [0.15, 0.2) is 5.82 Å². The van der Waals surface area contributed by atoms with Crippen molar-refractivity contribution >= 4 is 23.5 Å². The maximum Gasteiger partial charge on any atom is 0.160 e. The van der Waals surface area contributed by atoms with Gasteiger partial charge < -0.3 is 22.9 Å². The number of rotatable bonds is 12. The van der Waals surface area contributed by atoms with Crippen molar-refractivity contribution in [1.29, 1.82) is 0 Å². The Morgan fingerprint density at radius 1 is 0.462 bits per heavy atom. The summed E-state index contributed by atoms with van der Waals surface area (Å²) < 4.78 is 0. The van der Waals surface area contributed by atoms with E-state index in [2.05, 4.69) is 85.0 Å². The molecule has 5 aromatic carbocycles. The first kappa shape index (κ1) is 35.6. The summed E-state index contributed by atoms with van der Waals surface area (Å²) in [5, 5.41) is -1.37. The molecule has 0 amide bonds. The zero-order valence-electron chi connectivity index (χ0n) is 28.8. The summed E-state index contributed by atoms with van der Waals surface area (Å²) in [6, 6.07) is 47.2. The average molecular weight is 719 g/mol. The maximum absolute atomic E-state index is 6.96. The number of benzene rings is 5. The van der Waals surface area contributed by atoms with E-state index in [0.717, 1.165) is 68.7 Å². The molecule has 0 bridgehead atoms. The monoisotopic (exact) mass is 718 g/mol. The Bertz CT molecular complexity index is 2170. The van der Waals surface area contributed by atoms with Crippen molar-refractivity contribution < 1.29 is 0 Å². The van der Waals surface area contributed by atoms with Gasteiger partial charge in [-0.1, -0.05) is 133 Å². The van der Waals surface area contributed by atoms with Crippen LogP contribution in [0.15, 0.2) is 163 Å². The molecule has 52 heavy (non-hydrogen) atoms. The molecule has 260 valence electrons. The van der Waals surface area contributed by atoms with Gasteiger partial charge in [-0.3, -0.25) is 0 Å². The van der Waals surface area contributed by atoms with Crippen LogP contribution in [0, 0.1) is 0 Å². The number of nitrogens with zero attached hydrogens (tertiary/aromatic N) is 2. The molecule has 0 aliphatic heterocycles. The van der Waals surface area contributed by atoms with Crippen LogP contribution in [-0.2, 0) is 0 Å². The largest absolute Gasteiger partial charge is 0.316 e. The summed E-state index contributed by atoms with van der Waals surface area (Å²) in [5.74, 6) is 0.629. The number of aromatic nitrogens is 2. The highest BCUT2D eigenvalue weighted by atomic mass is 32.2. The molecule has 6 nitrogen and oxygen atoms in total. The number of hydrogen-bond acceptors (Lipinski definition) is 8. The lowest BCUT2D eigenvalue weighted by Gasteiger charge is -2.23. The number of hydrogen-bond donors (Lipinski definition) is 4. The van der Waals surface area contributed by atoms with E-state index in [0.29, 0.717) is 5.82 Å². The molecule has 4 atom stereocenters. The van der Waals surface area contributed by atoms with Crippen molar-refractivity contribution in [1.82, 2.24) is 9.97 Å². The predicted molar refractivity (Wildman–Crippen MR) is 221 cm³/mol. The van der Waals surface area contributed by atoms with Crippen LogP contribution in [0.25, 0.3) is 45.0 Å². The minimum atomic E-state index is -0.427. The van der Waals surface area contributed by atoms with Crippen molar-refractivity contribution in [3.8, 4) is 45.0 Å². The van der Waals surface area contributed by atoms with Crippen molar-refractivity contribution in [2.75, 3.05) is 0 Å². The van der Waals surface area contributed by atoms with Gasteiger partial charge in [0, 0.05) is 16.7 Å². The summed E-state index contributed by atoms with van der Waals surface area (Å²) >= 11 is 3.04. The summed E-state index contributed by atoms with van der Waals surface area (Å²) in [4.78, 5) is 10.3. The number of allylic oxidation sites excluding steroid dienone is 3. The summed E-state index contributed by atoms with van der Waals surface area (Å²) in [5.41, 5.74) is 37.9. The van der Waals surface area contributed by atoms with E-state index >= 15 is 0 Å². The van der Waals surface area contributed by atoms with Crippen molar-refractivity contribution in [2.24, 2.45) is 22.9 Å². The molecule has 1 heterocycles. The fraction of sp³-hybridized carbons (Fsp3) is 0.136. The normalized spacial score (nSPS) is 15.0. The fourth-order valence-corrected chi connectivity index (χ4v) is 8.15. The third-order valence-corrected chi connectivity index (χ3v) is 11.4. The molecule has 8 heteroatoms. The highest BCUT2D eigenvalue weighted by Crippen LogP contribution is 2.39. The smallest absolute Gasteiger partial charge is 0.160 e. The topological polar surface area (TPSA) is 130 Å². The Kier molecular flexibility index (Phi) is 11.4. The van der Waals surface area contributed by atoms with Gasteiger partial charge in [0.25, 0.3) is 0 Å². The average Bonchev–Trinajstić information content (AvgIpc) is 3.21. The third-order valence-electron chi connectivity index (χ3n) is 9.08. The summed E-state index contributed by atoms with van der Waals surface area (Å²) in [7, 11) is 0. The molecule has 0 saturated carbocycles. The second kappa shape index (κ2) is 16.7. The molecular weight excluding hydrogens is 677 g/mol. The van der Waals surface area contributed by atoms with Gasteiger partial charge in [0.2, 0.25) is 0 Å². The minimum Gasteiger partial charge on any atom is -0.316 e. The standard InChI is InChI=1S/C44H42N6S2/c45-40(31-18-9-3-10-19-31)51-42(47)36-25-35(26-37(27-36)43(48)52-41(46)32-20-11-4-12-21-32)39-28-38(30-16-7-2-8-17-30)49-44(50-39)34-23-13-22-33(24-34)29-14-5-1-6-15-29/h1-11,13-20,22-28,40-43H,12,21,45-48H2. The molecule has 7 rings (SSSR count). The Balaban J connectivity index is 1.32. The van der Waals surface area contributed by atoms with E-state index < -0.39 is 10.7 Å². The summed E-state index contributed by atoms with van der Waals surface area (Å²) in [6.45, 7) is 0. The van der Waals surface area contributed by atoms with Crippen LogP contribution in [0.5, 0.6) is 0 Å². The van der Waals surface area contributed by atoms with Crippen LogP contribution in [0.2, 0.25) is 0 Å². The molecule has 0 saturated heterocycles. The SMILES string of the molecule is NC(SC(N)c1cc(-c2cc(-c3ccccc3)nc(-c3cccc(-c4ccccc4)c3)n2)cc(C(N)SC(N)c2ccccc2)c1)C1=CC=CCC1. The van der Waals surface area contributed by atoms with Gasteiger partial charge in [-0.05, 0) is 70.5 Å². The summed E-state index contributed by atoms with van der Waals surface area (Å²) in [6.07, 6.45) is 8.25. The van der Waals surface area contributed by atoms with E-state index in [1.165, 1.54) is 17.3 Å². The van der Waals surface area contributed by atoms with Crippen LogP contribution < -0.4 is 22.9 Å². The van der Waals surface area contributed by atoms with Gasteiger partial charge in [-0.25, -0.2) is 9.97 Å². The first-order chi connectivity index (χ1) is 25.4. The van der Waals surface area contributed by atoms with Crippen LogP contribution >= 0.6 is 23.5 Å². The van der Waals surface area contributed by atoms with E-state index in [9.17, 15) is 0 Å². The Morgan fingerprint density at radius 3 is 1.63 bits per heavy atom. The lowest BCUT2D eigenvalue weighted by atomic mass is 10.0. The highest BCUT2D eigenvalue weighted by Gasteiger charge is 2.22. The van der Waals surface area contributed by atoms with Crippen LogP contribution in [0.1, 0.15) is 45.7 Å². The van der Waals surface area contributed by atoms with Crippen molar-refractivity contribution in [2.45, 2.75) is 34.3 Å². The van der Waals surface area contributed by atoms with Gasteiger partial charge >= 0.3 is 0 Å². The predicted octanol–water partition coefficient (Wildman–Crippen LogP) is 9.74. The Labute approximate surface area is 314 Å². The van der Waals surface area contributed by atoms with Crippen LogP contribution in [0.4, 0.5) is 0 Å². The van der Waals surface area contributed by atoms with E-state index in [1.54, 1.807) is 11.8 Å². The van der Waals surface area contributed by atoms with Gasteiger partial charge in [0.05, 0.1) is 32.9 Å². The molecular formula is C44H42N6S2. The van der Waals surface area contributed by atoms with Gasteiger partial charge in [-0.15, -0.1) is 23.5 Å². The Morgan fingerprint density at radius 2 is 1.00 bits per heavy atom. The zero-order chi connectivity index (χ0) is 35.9. The van der Waals surface area contributed by atoms with Crippen molar-refractivity contribution in [3.05, 3.63) is 180 Å². The first-order valence-electron chi connectivity index (χ1n) is 17.4. The molecule has 0 fully saturated rings. The second-order valence-corrected chi connectivity index (χ2v) is 15.3. The van der Waals surface area contributed by atoms with Crippen LogP contribution in [0.3, 0.4) is 0 Å². The number of nitrogens with two attached hydrogens (primary N) is 4. The molecule has 4 unspecified atom stereocenters. The minimum absolute atomic E-state index is 0.228. The third kappa shape index (κ3) is 8.62. The molecule has 6 aromatic rings. The molecule has 1 aliphatic rings. The molecule has 8 N–H and O–H groups in total. The van der Waals surface area contributed by atoms with E-state index in [-0.39, 0.29) is 10.7 Å². The maximum atomic E-state index is 6.96. The van der Waals surface area contributed by atoms with E-state index in [4.69, 9.17) is 32.9 Å². The number of thioether (sulfide) groups is 2. The lowest BCUT2D eigenvalue weighted by molar-refractivity contribution is 0.877. The Hall–Kier alpha value is -4.80. The molecule has 1 aromatic heterocycles. The fourth-order valence-electron chi connectivity index (χ4n) is 6.24. The second-order valence-electron chi connectivity index (χ2n) is 12.7. The van der Waals surface area contributed by atoms with Gasteiger partial charge in [-0.2, -0.15) is 0 Å². The molecule has 0 radical (unpaired) electrons.